The summed E-state index contributed by atoms with van der Waals surface area (Å²) in [6.07, 6.45) is 3.26. The van der Waals surface area contributed by atoms with Gasteiger partial charge < -0.3 is 10.0 Å². The van der Waals surface area contributed by atoms with Crippen LogP contribution in [0, 0.1) is 10.1 Å². The van der Waals surface area contributed by atoms with Crippen LogP contribution in [0.2, 0.25) is 0 Å². The molecular weight excluding hydrogens is 308 g/mol. The molecule has 2 rings (SSSR count). The molecule has 0 amide bonds. The minimum atomic E-state index is -0.723. The maximum atomic E-state index is 10.8. The van der Waals surface area contributed by atoms with Crippen LogP contribution in [0.4, 0.5) is 11.5 Å². The van der Waals surface area contributed by atoms with Gasteiger partial charge in [0.15, 0.2) is 0 Å². The van der Waals surface area contributed by atoms with Gasteiger partial charge in [-0.3, -0.25) is 15.0 Å². The fraction of sp³-hybridized carbons (Fsp3) is 0.706. The molecule has 1 aliphatic heterocycles. The minimum absolute atomic E-state index is 0.0134. The molecule has 1 aliphatic rings. The van der Waals surface area contributed by atoms with Gasteiger partial charge in [0, 0.05) is 37.8 Å². The smallest absolute Gasteiger partial charge is 0.287 e. The summed E-state index contributed by atoms with van der Waals surface area (Å²) in [4.78, 5) is 19.3. The topological polar surface area (TPSA) is 82.7 Å². The predicted octanol–water partition coefficient (Wildman–Crippen LogP) is 2.44. The lowest BCUT2D eigenvalue weighted by Gasteiger charge is -2.48. The maximum Gasteiger partial charge on any atom is 0.287 e. The van der Waals surface area contributed by atoms with Crippen molar-refractivity contribution in [3.63, 3.8) is 0 Å². The Morgan fingerprint density at radius 3 is 2.42 bits per heavy atom. The Labute approximate surface area is 143 Å². The van der Waals surface area contributed by atoms with Gasteiger partial charge in [-0.05, 0) is 32.8 Å². The van der Waals surface area contributed by atoms with Crippen molar-refractivity contribution in [1.82, 2.24) is 9.88 Å². The van der Waals surface area contributed by atoms with E-state index in [9.17, 15) is 15.2 Å². The lowest BCUT2D eigenvalue weighted by Crippen LogP contribution is -2.60. The number of hydrogen-bond donors (Lipinski definition) is 1. The van der Waals surface area contributed by atoms with Crippen molar-refractivity contribution in [3.8, 4) is 0 Å². The van der Waals surface area contributed by atoms with E-state index in [0.717, 1.165) is 31.7 Å². The van der Waals surface area contributed by atoms with E-state index in [4.69, 9.17) is 0 Å². The summed E-state index contributed by atoms with van der Waals surface area (Å²) in [7, 11) is 0. The highest BCUT2D eigenvalue weighted by atomic mass is 16.6. The average molecular weight is 336 g/mol. The van der Waals surface area contributed by atoms with Crippen molar-refractivity contribution in [2.24, 2.45) is 0 Å². The first-order valence-corrected chi connectivity index (χ1v) is 8.58. The van der Waals surface area contributed by atoms with Crippen LogP contribution in [0.15, 0.2) is 18.3 Å². The highest BCUT2D eigenvalue weighted by Gasteiger charge is 2.35. The summed E-state index contributed by atoms with van der Waals surface area (Å²) in [6.45, 7) is 10.3. The molecule has 1 aromatic heterocycles. The SMILES string of the molecule is CC[C@H]1CN(c2ccc([N+](=O)[O-])cn2)[C@@H](CC)CN1CC(C)(C)O. The molecule has 0 saturated carbocycles. The van der Waals surface area contributed by atoms with E-state index < -0.39 is 10.5 Å². The van der Waals surface area contributed by atoms with E-state index in [0.29, 0.717) is 12.6 Å². The molecule has 0 unspecified atom stereocenters. The van der Waals surface area contributed by atoms with Gasteiger partial charge in [0.05, 0.1) is 10.5 Å². The zero-order chi connectivity index (χ0) is 17.9. The number of nitro groups is 1. The number of rotatable bonds is 6. The number of aromatic nitrogens is 1. The molecule has 0 spiro atoms. The largest absolute Gasteiger partial charge is 0.389 e. The first kappa shape index (κ1) is 18.6. The molecule has 7 nitrogen and oxygen atoms in total. The number of piperazine rings is 1. The minimum Gasteiger partial charge on any atom is -0.389 e. The van der Waals surface area contributed by atoms with Gasteiger partial charge in [-0.1, -0.05) is 13.8 Å². The van der Waals surface area contributed by atoms with Crippen molar-refractivity contribution in [3.05, 3.63) is 28.4 Å². The third-order valence-corrected chi connectivity index (χ3v) is 4.58. The van der Waals surface area contributed by atoms with Crippen molar-refractivity contribution >= 4 is 11.5 Å². The van der Waals surface area contributed by atoms with Crippen LogP contribution in [0.1, 0.15) is 40.5 Å². The third-order valence-electron chi connectivity index (χ3n) is 4.58. The number of pyridine rings is 1. The van der Waals surface area contributed by atoms with Gasteiger partial charge in [0.1, 0.15) is 12.0 Å². The van der Waals surface area contributed by atoms with Crippen LogP contribution in [0.25, 0.3) is 0 Å². The normalized spacial score (nSPS) is 22.6. The van der Waals surface area contributed by atoms with E-state index in [1.54, 1.807) is 6.07 Å². The summed E-state index contributed by atoms with van der Waals surface area (Å²) in [5.74, 6) is 0.786. The molecular formula is C17H28N4O3. The van der Waals surface area contributed by atoms with Crippen molar-refractivity contribution in [2.75, 3.05) is 24.5 Å². The Kier molecular flexibility index (Phi) is 5.77. The Hall–Kier alpha value is -1.73. The van der Waals surface area contributed by atoms with E-state index in [-0.39, 0.29) is 11.7 Å². The fourth-order valence-electron chi connectivity index (χ4n) is 3.37. The van der Waals surface area contributed by atoms with Crippen LogP contribution < -0.4 is 4.90 Å². The van der Waals surface area contributed by atoms with Crippen LogP contribution in [-0.2, 0) is 0 Å². The predicted molar refractivity (Wildman–Crippen MR) is 94.3 cm³/mol. The highest BCUT2D eigenvalue weighted by Crippen LogP contribution is 2.26. The monoisotopic (exact) mass is 336 g/mol. The Balaban J connectivity index is 2.20. The van der Waals surface area contributed by atoms with Crippen molar-refractivity contribution < 1.29 is 10.0 Å². The van der Waals surface area contributed by atoms with E-state index in [1.165, 1.54) is 12.3 Å². The third kappa shape index (κ3) is 4.42. The van der Waals surface area contributed by atoms with Gasteiger partial charge in [-0.15, -0.1) is 0 Å². The number of anilines is 1. The molecule has 1 saturated heterocycles. The molecule has 0 bridgehead atoms. The molecule has 1 N–H and O–H groups in total. The Bertz CT molecular complexity index is 556. The second kappa shape index (κ2) is 7.44. The molecule has 1 aromatic rings. The quantitative estimate of drug-likeness (QED) is 0.634. The molecule has 0 aromatic carbocycles. The molecule has 134 valence electrons. The van der Waals surface area contributed by atoms with Crippen LogP contribution in [0.3, 0.4) is 0 Å². The van der Waals surface area contributed by atoms with E-state index in [2.05, 4.69) is 28.6 Å². The zero-order valence-corrected chi connectivity index (χ0v) is 15.0. The molecule has 2 heterocycles. The van der Waals surface area contributed by atoms with Gasteiger partial charge in [-0.2, -0.15) is 0 Å². The Morgan fingerprint density at radius 2 is 1.96 bits per heavy atom. The number of nitrogens with zero attached hydrogens (tertiary/aromatic N) is 4. The second-order valence-electron chi connectivity index (χ2n) is 7.15. The first-order valence-electron chi connectivity index (χ1n) is 8.58. The van der Waals surface area contributed by atoms with E-state index in [1.807, 2.05) is 13.8 Å². The first-order chi connectivity index (χ1) is 11.2. The number of hydrogen-bond acceptors (Lipinski definition) is 6. The molecule has 24 heavy (non-hydrogen) atoms. The summed E-state index contributed by atoms with van der Waals surface area (Å²) >= 11 is 0. The summed E-state index contributed by atoms with van der Waals surface area (Å²) in [5.41, 5.74) is -0.709. The van der Waals surface area contributed by atoms with E-state index >= 15 is 0 Å². The lowest BCUT2D eigenvalue weighted by molar-refractivity contribution is -0.385. The van der Waals surface area contributed by atoms with Gasteiger partial charge >= 0.3 is 0 Å². The second-order valence-corrected chi connectivity index (χ2v) is 7.15. The summed E-state index contributed by atoms with van der Waals surface area (Å²) in [6, 6.07) is 3.86. The highest BCUT2D eigenvalue weighted by molar-refractivity contribution is 5.44. The molecule has 7 heteroatoms. The molecule has 0 radical (unpaired) electrons. The fourth-order valence-corrected chi connectivity index (χ4v) is 3.37. The molecule has 1 fully saturated rings. The lowest BCUT2D eigenvalue weighted by atomic mass is 9.99. The van der Waals surface area contributed by atoms with Crippen LogP contribution in [0.5, 0.6) is 0 Å². The molecule has 0 aliphatic carbocycles. The molecule has 2 atom stereocenters. The van der Waals surface area contributed by atoms with Crippen LogP contribution in [-0.4, -0.2) is 57.2 Å². The zero-order valence-electron chi connectivity index (χ0n) is 15.0. The number of β-amino-alcohol motifs (C(OH)–C–C–N with tert-alkyl or cyclic N) is 1. The summed E-state index contributed by atoms with van der Waals surface area (Å²) < 4.78 is 0. The van der Waals surface area contributed by atoms with Crippen LogP contribution >= 0.6 is 0 Å². The Morgan fingerprint density at radius 1 is 1.29 bits per heavy atom. The maximum absolute atomic E-state index is 10.8. The van der Waals surface area contributed by atoms with Gasteiger partial charge in [-0.25, -0.2) is 4.98 Å². The number of aliphatic hydroxyl groups is 1. The standard InChI is InChI=1S/C17H28N4O3/c1-5-13-11-20(16-8-7-15(9-18-16)21(23)24)14(6-2)10-19(13)12-17(3,4)22/h7-9,13-14,22H,5-6,10-12H2,1-4H3/t13-,14-/m0/s1. The van der Waals surface area contributed by atoms with Crippen molar-refractivity contribution in [1.29, 1.82) is 0 Å². The average Bonchev–Trinajstić information content (AvgIpc) is 2.53. The van der Waals surface area contributed by atoms with Gasteiger partial charge in [0.2, 0.25) is 0 Å². The van der Waals surface area contributed by atoms with Gasteiger partial charge in [0.25, 0.3) is 5.69 Å². The van der Waals surface area contributed by atoms with Crippen molar-refractivity contribution in [2.45, 2.75) is 58.2 Å². The summed E-state index contributed by atoms with van der Waals surface area (Å²) in [5, 5.41) is 21.0.